The largest absolute Gasteiger partial charge is 0.484 e. The molecule has 15 heteroatoms. The first-order chi connectivity index (χ1) is 18.9. The summed E-state index contributed by atoms with van der Waals surface area (Å²) in [4.78, 5) is 65.2. The van der Waals surface area contributed by atoms with Crippen molar-refractivity contribution >= 4 is 52.5 Å². The van der Waals surface area contributed by atoms with Gasteiger partial charge in [-0.1, -0.05) is 47.4 Å². The van der Waals surface area contributed by atoms with Crippen LogP contribution in [0.1, 0.15) is 21.9 Å². The number of carbonyl (C=O) groups is 4. The van der Waals surface area contributed by atoms with E-state index in [2.05, 4.69) is 10.3 Å². The number of benzene rings is 2. The van der Waals surface area contributed by atoms with Gasteiger partial charge < -0.3 is 20.1 Å². The van der Waals surface area contributed by atoms with Crippen molar-refractivity contribution in [1.82, 2.24) is 9.88 Å². The second kappa shape index (κ2) is 10.5. The van der Waals surface area contributed by atoms with Crippen molar-refractivity contribution < 1.29 is 42.2 Å². The molecule has 0 bridgehead atoms. The number of nitrogens with zero attached hydrogens (tertiary/aromatic N) is 1. The molecule has 2 aliphatic rings. The Morgan fingerprint density at radius 2 is 1.75 bits per heavy atom. The zero-order valence-corrected chi connectivity index (χ0v) is 21.7. The number of para-hydroxylation sites is 1. The molecule has 1 aromatic heterocycles. The topological polar surface area (TPSA) is 146 Å². The molecule has 0 saturated carbocycles. The molecule has 0 aliphatic carbocycles. The second-order valence-electron chi connectivity index (χ2n) is 8.86. The third-order valence-corrected chi connectivity index (χ3v) is 8.73. The van der Waals surface area contributed by atoms with Crippen molar-refractivity contribution in [2.24, 2.45) is 5.92 Å². The number of fused-ring (bicyclic) bond motifs is 2. The maximum Gasteiger partial charge on any atom is 0.418 e. The van der Waals surface area contributed by atoms with Gasteiger partial charge in [-0.15, -0.1) is 0 Å². The van der Waals surface area contributed by atoms with Gasteiger partial charge in [-0.3, -0.25) is 28.9 Å². The lowest BCUT2D eigenvalue weighted by Gasteiger charge is -2.29. The molecule has 0 spiro atoms. The fourth-order valence-electron chi connectivity index (χ4n) is 4.67. The summed E-state index contributed by atoms with van der Waals surface area (Å²) in [6, 6.07) is 10.7. The highest BCUT2D eigenvalue weighted by Crippen LogP contribution is 2.52. The van der Waals surface area contributed by atoms with Crippen LogP contribution in [0.25, 0.3) is 0 Å². The van der Waals surface area contributed by atoms with Crippen LogP contribution >= 0.6 is 23.1 Å². The molecule has 40 heavy (non-hydrogen) atoms. The molecule has 3 heterocycles. The number of H-pyrrole nitrogens is 1. The average Bonchev–Trinajstić information content (AvgIpc) is 3.38. The van der Waals surface area contributed by atoms with E-state index in [1.165, 1.54) is 24.3 Å². The average molecular weight is 594 g/mol. The molecule has 10 nitrogen and oxygen atoms in total. The number of aromatic nitrogens is 1. The van der Waals surface area contributed by atoms with Gasteiger partial charge in [-0.25, -0.2) is 0 Å². The number of anilines is 1. The summed E-state index contributed by atoms with van der Waals surface area (Å²) in [5, 5.41) is 10.8. The molecule has 1 fully saturated rings. The van der Waals surface area contributed by atoms with E-state index in [1.807, 2.05) is 0 Å². The van der Waals surface area contributed by atoms with Gasteiger partial charge in [0.25, 0.3) is 5.91 Å². The third-order valence-electron chi connectivity index (χ3n) is 6.32. The normalized spacial score (nSPS) is 20.2. The van der Waals surface area contributed by atoms with E-state index < -0.39 is 71.4 Å². The Bertz CT molecular complexity index is 1570. The highest BCUT2D eigenvalue weighted by Gasteiger charge is 2.56. The second-order valence-corrected chi connectivity index (χ2v) is 11.0. The Morgan fingerprint density at radius 3 is 2.42 bits per heavy atom. The van der Waals surface area contributed by atoms with Gasteiger partial charge in [0.05, 0.1) is 22.2 Å². The van der Waals surface area contributed by atoms with Crippen molar-refractivity contribution in [3.05, 3.63) is 74.2 Å². The van der Waals surface area contributed by atoms with Crippen LogP contribution in [0.2, 0.25) is 0 Å². The van der Waals surface area contributed by atoms with Crippen molar-refractivity contribution in [2.75, 3.05) is 18.5 Å². The number of likely N-dealkylation sites (tertiary alicyclic amines) is 1. The van der Waals surface area contributed by atoms with Gasteiger partial charge >= 0.3 is 17.0 Å². The number of thiazole rings is 1. The molecule has 2 unspecified atom stereocenters. The number of aliphatic carboxylic acids is 1. The van der Waals surface area contributed by atoms with E-state index in [0.717, 1.165) is 35.2 Å². The predicted octanol–water partition coefficient (Wildman–Crippen LogP) is 3.15. The fourth-order valence-corrected chi connectivity index (χ4v) is 7.21. The number of hydrogen-bond donors (Lipinski definition) is 3. The first-order valence-electron chi connectivity index (χ1n) is 11.6. The van der Waals surface area contributed by atoms with Gasteiger partial charge in [0.2, 0.25) is 11.8 Å². The van der Waals surface area contributed by atoms with Gasteiger partial charge in [0, 0.05) is 10.8 Å². The smallest absolute Gasteiger partial charge is 0.418 e. The van der Waals surface area contributed by atoms with E-state index in [-0.39, 0.29) is 10.6 Å². The van der Waals surface area contributed by atoms with Crippen molar-refractivity contribution in [1.29, 1.82) is 0 Å². The standard InChI is InChI=1S/C25H18F3N3O7S2/c26-25(27,28)13-3-1-2-4-14(13)29-15(32)10-38-12-7-5-11(6-8-12)17-18-20(39-21-19(17)40-24(37)30-21)23(36)31(22(18)35)9-16(33)34/h1-8,17-18,20H,9-10H2,(H,29,32)(H,30,37)(H,33,34)/t17-,18?,20?/m0/s1. The Balaban J connectivity index is 1.34. The molecule has 3 atom stereocenters. The summed E-state index contributed by atoms with van der Waals surface area (Å²) in [5.74, 6) is -4.92. The maximum atomic E-state index is 13.2. The molecule has 2 aliphatic heterocycles. The van der Waals surface area contributed by atoms with Crippen molar-refractivity contribution in [3.63, 3.8) is 0 Å². The van der Waals surface area contributed by atoms with Gasteiger partial charge in [0.15, 0.2) is 6.61 Å². The minimum atomic E-state index is -4.65. The summed E-state index contributed by atoms with van der Waals surface area (Å²) in [5.41, 5.74) is -0.858. The van der Waals surface area contributed by atoms with Crippen molar-refractivity contribution in [2.45, 2.75) is 22.4 Å². The van der Waals surface area contributed by atoms with Gasteiger partial charge in [-0.2, -0.15) is 13.2 Å². The highest BCUT2D eigenvalue weighted by molar-refractivity contribution is 8.00. The lowest BCUT2D eigenvalue weighted by molar-refractivity contribution is -0.149. The van der Waals surface area contributed by atoms with Crippen molar-refractivity contribution in [3.8, 4) is 5.75 Å². The summed E-state index contributed by atoms with van der Waals surface area (Å²) >= 11 is 1.91. The Hall–Kier alpha value is -4.11. The third kappa shape index (κ3) is 5.21. The zero-order valence-electron chi connectivity index (χ0n) is 20.1. The molecular weight excluding hydrogens is 575 g/mol. The Kier molecular flexibility index (Phi) is 7.18. The maximum absolute atomic E-state index is 13.2. The number of carboxylic acid groups (broad SMARTS) is 1. The number of carbonyl (C=O) groups excluding carboxylic acids is 3. The lowest BCUT2D eigenvalue weighted by Crippen LogP contribution is -2.36. The monoisotopic (exact) mass is 593 g/mol. The first kappa shape index (κ1) is 27.5. The number of rotatable bonds is 7. The number of amides is 3. The van der Waals surface area contributed by atoms with Crippen LogP contribution in [0.4, 0.5) is 18.9 Å². The van der Waals surface area contributed by atoms with E-state index in [9.17, 15) is 37.1 Å². The fraction of sp³-hybridized carbons (Fsp3) is 0.240. The zero-order chi connectivity index (χ0) is 28.8. The van der Waals surface area contributed by atoms with E-state index in [0.29, 0.717) is 20.4 Å². The number of imide groups is 1. The van der Waals surface area contributed by atoms with Crippen LogP contribution in [0, 0.1) is 5.92 Å². The molecule has 0 radical (unpaired) electrons. The molecule has 208 valence electrons. The molecule has 3 N–H and O–H groups in total. The lowest BCUT2D eigenvalue weighted by atomic mass is 9.83. The summed E-state index contributed by atoms with van der Waals surface area (Å²) in [7, 11) is 0. The van der Waals surface area contributed by atoms with Gasteiger partial charge in [-0.05, 0) is 29.8 Å². The Morgan fingerprint density at radius 1 is 1.05 bits per heavy atom. The van der Waals surface area contributed by atoms with E-state index >= 15 is 0 Å². The quantitative estimate of drug-likeness (QED) is 0.354. The molecular formula is C25H18F3N3O7S2. The number of carboxylic acids is 1. The van der Waals surface area contributed by atoms with Crippen LogP contribution in [-0.4, -0.2) is 57.1 Å². The number of thioether (sulfide) groups is 1. The minimum absolute atomic E-state index is 0.202. The number of nitrogens with one attached hydrogen (secondary N) is 2. The Labute approximate surface area is 231 Å². The molecule has 1 saturated heterocycles. The number of halogens is 3. The number of aromatic amines is 1. The predicted molar refractivity (Wildman–Crippen MR) is 136 cm³/mol. The summed E-state index contributed by atoms with van der Waals surface area (Å²) in [6.45, 7) is -1.36. The van der Waals surface area contributed by atoms with Crippen LogP contribution in [0.5, 0.6) is 5.75 Å². The number of alkyl halides is 3. The summed E-state index contributed by atoms with van der Waals surface area (Å²) in [6.07, 6.45) is -4.65. The van der Waals surface area contributed by atoms with E-state index in [4.69, 9.17) is 9.84 Å². The van der Waals surface area contributed by atoms with Crippen LogP contribution in [-0.2, 0) is 25.4 Å². The van der Waals surface area contributed by atoms with Crippen LogP contribution in [0.3, 0.4) is 0 Å². The van der Waals surface area contributed by atoms with Crippen LogP contribution < -0.4 is 14.9 Å². The number of ether oxygens (including phenoxy) is 1. The summed E-state index contributed by atoms with van der Waals surface area (Å²) < 4.78 is 44.9. The van der Waals surface area contributed by atoms with Gasteiger partial charge in [0.1, 0.15) is 17.5 Å². The highest BCUT2D eigenvalue weighted by atomic mass is 32.2. The minimum Gasteiger partial charge on any atom is -0.484 e. The number of hydrogen-bond acceptors (Lipinski definition) is 8. The first-order valence-corrected chi connectivity index (χ1v) is 13.3. The van der Waals surface area contributed by atoms with E-state index in [1.54, 1.807) is 12.1 Å². The molecule has 5 rings (SSSR count). The SMILES string of the molecule is O=C(O)CN1C(=O)C2Sc3[nH]c(=O)sc3[C@@H](c3ccc(OCC(=O)Nc4ccccc4C(F)(F)F)cc3)C2C1=O. The molecule has 3 aromatic rings. The molecule has 3 amide bonds. The van der Waals surface area contributed by atoms with Crippen LogP contribution in [0.15, 0.2) is 58.4 Å². The molecule has 2 aromatic carbocycles.